The summed E-state index contributed by atoms with van der Waals surface area (Å²) >= 11 is 5.74. The Morgan fingerprint density at radius 3 is 2.71 bits per heavy atom. The van der Waals surface area contributed by atoms with E-state index in [1.54, 1.807) is 0 Å². The summed E-state index contributed by atoms with van der Waals surface area (Å²) in [5.41, 5.74) is 5.19. The number of benzene rings is 1. The molecule has 0 heterocycles. The van der Waals surface area contributed by atoms with Gasteiger partial charge in [-0.3, -0.25) is 9.59 Å². The smallest absolute Gasteiger partial charge is 0.243 e. The number of hydrogen-bond donors (Lipinski definition) is 3. The summed E-state index contributed by atoms with van der Waals surface area (Å²) in [7, 11) is 0. The fourth-order valence-corrected chi connectivity index (χ4v) is 1.20. The molecule has 0 spiro atoms. The van der Waals surface area contributed by atoms with Gasteiger partial charge >= 0.3 is 0 Å². The highest BCUT2D eigenvalue weighted by Gasteiger charge is 2.07. The van der Waals surface area contributed by atoms with Gasteiger partial charge in [0.15, 0.2) is 0 Å². The van der Waals surface area contributed by atoms with Crippen LogP contribution in [-0.4, -0.2) is 24.9 Å². The molecule has 17 heavy (non-hydrogen) atoms. The van der Waals surface area contributed by atoms with Crippen LogP contribution >= 0.6 is 11.6 Å². The minimum Gasteiger partial charge on any atom is -0.346 e. The van der Waals surface area contributed by atoms with Gasteiger partial charge in [-0.05, 0) is 18.2 Å². The van der Waals surface area contributed by atoms with Gasteiger partial charge < -0.3 is 16.4 Å². The number of carbonyl (C=O) groups excluding carboxylic acids is 2. The Balaban J connectivity index is 2.56. The van der Waals surface area contributed by atoms with Crippen molar-refractivity contribution in [3.8, 4) is 0 Å². The zero-order chi connectivity index (χ0) is 12.8. The van der Waals surface area contributed by atoms with Crippen molar-refractivity contribution in [2.24, 2.45) is 5.73 Å². The highest BCUT2D eigenvalue weighted by Crippen LogP contribution is 2.21. The molecule has 0 aliphatic heterocycles. The number of rotatable bonds is 4. The van der Waals surface area contributed by atoms with Crippen LogP contribution < -0.4 is 16.4 Å². The molecule has 1 rings (SSSR count). The monoisotopic (exact) mass is 259 g/mol. The predicted molar refractivity (Wildman–Crippen MR) is 62.1 cm³/mol. The summed E-state index contributed by atoms with van der Waals surface area (Å²) in [6, 6.07) is 3.59. The topological polar surface area (TPSA) is 84.2 Å². The average Bonchev–Trinajstić information content (AvgIpc) is 2.30. The van der Waals surface area contributed by atoms with E-state index in [-0.39, 0.29) is 23.8 Å². The van der Waals surface area contributed by atoms with Gasteiger partial charge in [-0.25, -0.2) is 4.39 Å². The fourth-order valence-electron chi connectivity index (χ4n) is 1.04. The summed E-state index contributed by atoms with van der Waals surface area (Å²) < 4.78 is 12.9. The second kappa shape index (κ2) is 6.17. The first-order valence-electron chi connectivity index (χ1n) is 4.74. The van der Waals surface area contributed by atoms with Crippen LogP contribution in [0.25, 0.3) is 0 Å². The number of nitrogens with one attached hydrogen (secondary N) is 2. The van der Waals surface area contributed by atoms with Gasteiger partial charge in [-0.15, -0.1) is 0 Å². The molecule has 92 valence electrons. The molecular formula is C10H11ClFN3O2. The molecule has 0 radical (unpaired) electrons. The summed E-state index contributed by atoms with van der Waals surface area (Å²) in [5, 5.41) is 4.85. The molecule has 0 aliphatic carbocycles. The number of amides is 2. The van der Waals surface area contributed by atoms with Crippen molar-refractivity contribution in [3.05, 3.63) is 29.0 Å². The lowest BCUT2D eigenvalue weighted by atomic mass is 10.3. The normalized spacial score (nSPS) is 9.82. The molecule has 0 bridgehead atoms. The Bertz CT molecular complexity index is 440. The third-order valence-electron chi connectivity index (χ3n) is 1.83. The number of nitrogens with two attached hydrogens (primary N) is 1. The van der Waals surface area contributed by atoms with Crippen LogP contribution in [0.15, 0.2) is 18.2 Å². The molecule has 0 saturated carbocycles. The van der Waals surface area contributed by atoms with Gasteiger partial charge in [0.05, 0.1) is 23.8 Å². The second-order valence-corrected chi connectivity index (χ2v) is 3.56. The standard InChI is InChI=1S/C10H11ClFN3O2/c11-7-2-1-6(12)3-8(7)15-10(17)5-14-9(16)4-13/h1-3H,4-5,13H2,(H,14,16)(H,15,17). The number of hydrogen-bond acceptors (Lipinski definition) is 3. The Morgan fingerprint density at radius 1 is 1.35 bits per heavy atom. The van der Waals surface area contributed by atoms with Crippen LogP contribution in [0.5, 0.6) is 0 Å². The molecular weight excluding hydrogens is 249 g/mol. The number of anilines is 1. The molecule has 4 N–H and O–H groups in total. The molecule has 7 heteroatoms. The average molecular weight is 260 g/mol. The second-order valence-electron chi connectivity index (χ2n) is 3.15. The third-order valence-corrected chi connectivity index (χ3v) is 2.16. The zero-order valence-electron chi connectivity index (χ0n) is 8.80. The van der Waals surface area contributed by atoms with Gasteiger partial charge in [-0.1, -0.05) is 11.6 Å². The van der Waals surface area contributed by atoms with E-state index < -0.39 is 17.6 Å². The van der Waals surface area contributed by atoms with Gasteiger partial charge in [0.2, 0.25) is 11.8 Å². The van der Waals surface area contributed by atoms with Crippen LogP contribution in [-0.2, 0) is 9.59 Å². The molecule has 1 aromatic rings. The molecule has 0 fully saturated rings. The third kappa shape index (κ3) is 4.38. The molecule has 0 aromatic heterocycles. The van der Waals surface area contributed by atoms with Crippen molar-refractivity contribution < 1.29 is 14.0 Å². The number of carbonyl (C=O) groups is 2. The highest BCUT2D eigenvalue weighted by atomic mass is 35.5. The number of halogens is 2. The van der Waals surface area contributed by atoms with E-state index in [1.807, 2.05) is 0 Å². The maximum Gasteiger partial charge on any atom is 0.243 e. The maximum atomic E-state index is 12.9. The first kappa shape index (κ1) is 13.4. The minimum absolute atomic E-state index is 0.152. The van der Waals surface area contributed by atoms with Crippen LogP contribution in [0.2, 0.25) is 5.02 Å². The quantitative estimate of drug-likeness (QED) is 0.736. The van der Waals surface area contributed by atoms with Gasteiger partial charge in [0, 0.05) is 0 Å². The van der Waals surface area contributed by atoms with E-state index in [0.717, 1.165) is 6.07 Å². The minimum atomic E-state index is -0.518. The van der Waals surface area contributed by atoms with E-state index in [9.17, 15) is 14.0 Å². The lowest BCUT2D eigenvalue weighted by molar-refractivity contribution is -0.123. The summed E-state index contributed by atoms with van der Waals surface area (Å²) in [6.07, 6.45) is 0. The van der Waals surface area contributed by atoms with E-state index in [4.69, 9.17) is 17.3 Å². The molecule has 5 nitrogen and oxygen atoms in total. The largest absolute Gasteiger partial charge is 0.346 e. The summed E-state index contributed by atoms with van der Waals surface area (Å²) in [5.74, 6) is -1.49. The Hall–Kier alpha value is -1.66. The van der Waals surface area contributed by atoms with Crippen LogP contribution in [0.3, 0.4) is 0 Å². The Kier molecular flexibility index (Phi) is 4.86. The van der Waals surface area contributed by atoms with Crippen molar-refractivity contribution in [1.82, 2.24) is 5.32 Å². The van der Waals surface area contributed by atoms with Crippen LogP contribution in [0.4, 0.5) is 10.1 Å². The SMILES string of the molecule is NCC(=O)NCC(=O)Nc1cc(F)ccc1Cl. The molecule has 0 atom stereocenters. The van der Waals surface area contributed by atoms with Gasteiger partial charge in [-0.2, -0.15) is 0 Å². The summed E-state index contributed by atoms with van der Waals surface area (Å²) in [4.78, 5) is 22.1. The Morgan fingerprint density at radius 2 is 2.06 bits per heavy atom. The lowest BCUT2D eigenvalue weighted by Crippen LogP contribution is -2.36. The van der Waals surface area contributed by atoms with Crippen molar-refractivity contribution in [3.63, 3.8) is 0 Å². The van der Waals surface area contributed by atoms with E-state index in [1.165, 1.54) is 12.1 Å². The van der Waals surface area contributed by atoms with E-state index in [2.05, 4.69) is 10.6 Å². The predicted octanol–water partition coefficient (Wildman–Crippen LogP) is 0.492. The van der Waals surface area contributed by atoms with Crippen LogP contribution in [0.1, 0.15) is 0 Å². The van der Waals surface area contributed by atoms with Gasteiger partial charge in [0.1, 0.15) is 5.82 Å². The molecule has 2 amide bonds. The summed E-state index contributed by atoms with van der Waals surface area (Å²) in [6.45, 7) is -0.448. The molecule has 0 aliphatic rings. The molecule has 0 unspecified atom stereocenters. The highest BCUT2D eigenvalue weighted by molar-refractivity contribution is 6.33. The lowest BCUT2D eigenvalue weighted by Gasteiger charge is -2.07. The van der Waals surface area contributed by atoms with Gasteiger partial charge in [0.25, 0.3) is 0 Å². The molecule has 1 aromatic carbocycles. The van der Waals surface area contributed by atoms with Crippen molar-refractivity contribution >= 4 is 29.1 Å². The fraction of sp³-hybridized carbons (Fsp3) is 0.200. The van der Waals surface area contributed by atoms with Crippen molar-refractivity contribution in [2.75, 3.05) is 18.4 Å². The Labute approximate surface area is 102 Å². The zero-order valence-corrected chi connectivity index (χ0v) is 9.55. The van der Waals surface area contributed by atoms with E-state index in [0.29, 0.717) is 0 Å². The molecule has 0 saturated heterocycles. The van der Waals surface area contributed by atoms with Crippen molar-refractivity contribution in [1.29, 1.82) is 0 Å². The first-order chi connectivity index (χ1) is 8.02. The first-order valence-corrected chi connectivity index (χ1v) is 5.12. The van der Waals surface area contributed by atoms with E-state index >= 15 is 0 Å². The van der Waals surface area contributed by atoms with Crippen LogP contribution in [0, 0.1) is 5.82 Å². The van der Waals surface area contributed by atoms with Crippen molar-refractivity contribution in [2.45, 2.75) is 0 Å². The maximum absolute atomic E-state index is 12.9.